The van der Waals surface area contributed by atoms with Gasteiger partial charge in [-0.2, -0.15) is 0 Å². The third-order valence-corrected chi connectivity index (χ3v) is 23.6. The minimum Gasteiger partial charge on any atom is -0.462 e. The molecule has 25 heteroatoms. The SMILES string of the molecule is CCCCCCCCCCCC(=O)O[C@H](CCCCCCCCCCC)CC(=O)N[C@H]1[C@H](OC[C@H]2OC(O)[C@H](NC(=O)C[C@H](O)CCCCCCCCCCC)[C@@H](OC(=O)C[C@H](O)CCCCCCCCCCC)[C@@H]2O)O[C@H](CO)[C@@H](OP(=O)(O)O)[C@@H]1OC(=O)C[C@@H](CCCCCCCCCCC)OC(=O)CCCCCCCCCCC. The molecule has 2 fully saturated rings. The fourth-order valence-electron chi connectivity index (χ4n) is 16.0. The predicted octanol–water partition coefficient (Wildman–Crippen LogP) is 19.7. The van der Waals surface area contributed by atoms with Crippen molar-refractivity contribution in [3.05, 3.63) is 0 Å². The number of ether oxygens (including phenoxy) is 7. The van der Waals surface area contributed by atoms with E-state index in [9.17, 15) is 63.9 Å². The third kappa shape index (κ3) is 57.6. The average Bonchev–Trinajstić information content (AvgIpc) is 0.779. The quantitative estimate of drug-likeness (QED) is 0.0118. The van der Waals surface area contributed by atoms with Crippen LogP contribution in [0.5, 0.6) is 0 Å². The summed E-state index contributed by atoms with van der Waals surface area (Å²) in [4.78, 5) is 107. The standard InChI is InChI=1S/C92H173N2O22P/c1-7-13-19-25-31-37-43-49-55-61-73(96)67-79(98)93-85-89(114-83(102)68-74(97)62-56-50-44-38-32-26-20-14-8-2)87(104)78(112-91(85)105)72-109-92-86(94-80(99)69-75(63-57-51-45-39-33-27-21-15-9-3)110-81(100)65-59-53-47-41-35-29-23-17-11-5)90(88(77(71-95)113-92)116-117(106,107)108)115-84(103)70-76(64-58-52-46-40-34-28-22-16-10-4)111-82(101)66-60-54-48-42-36-30-24-18-12-6/h73-78,85-92,95-97,104-105H,7-72H2,1-6H3,(H,93,98)(H,94,99)(H2,106,107,108)/t73-,74-,75-,76-,77-,78-,85-,86-,87-,88-,89-,90-,91?,92-/m1/s1. The van der Waals surface area contributed by atoms with Crippen molar-refractivity contribution in [1.29, 1.82) is 0 Å². The first-order chi connectivity index (χ1) is 56.6. The number of esters is 4. The van der Waals surface area contributed by atoms with Crippen molar-refractivity contribution in [2.24, 2.45) is 0 Å². The number of nitrogens with one attached hydrogen (secondary N) is 2. The molecule has 688 valence electrons. The van der Waals surface area contributed by atoms with E-state index in [1.54, 1.807) is 0 Å². The summed E-state index contributed by atoms with van der Waals surface area (Å²) in [7, 11) is -5.62. The van der Waals surface area contributed by atoms with Gasteiger partial charge in [0, 0.05) is 12.8 Å². The van der Waals surface area contributed by atoms with Gasteiger partial charge in [-0.05, 0) is 51.4 Å². The van der Waals surface area contributed by atoms with E-state index in [-0.39, 0.29) is 25.7 Å². The molecular formula is C92H173N2O22P. The fraction of sp³-hybridized carbons (Fsp3) is 0.935. The van der Waals surface area contributed by atoms with Gasteiger partial charge in [-0.3, -0.25) is 33.3 Å². The number of rotatable bonds is 80. The molecule has 24 nitrogen and oxygen atoms in total. The number of carbonyl (C=O) groups excluding carboxylic acids is 6. The molecule has 0 spiro atoms. The van der Waals surface area contributed by atoms with Gasteiger partial charge in [-0.25, -0.2) is 4.57 Å². The third-order valence-electron chi connectivity index (χ3n) is 23.1. The lowest BCUT2D eigenvalue weighted by molar-refractivity contribution is -0.298. The highest BCUT2D eigenvalue weighted by Gasteiger charge is 2.54. The molecule has 0 aromatic heterocycles. The maximum Gasteiger partial charge on any atom is 0.470 e. The van der Waals surface area contributed by atoms with Gasteiger partial charge in [0.05, 0.1) is 51.1 Å². The molecule has 0 aliphatic carbocycles. The Hall–Kier alpha value is -3.39. The first-order valence-corrected chi connectivity index (χ1v) is 49.5. The molecule has 0 aromatic rings. The van der Waals surface area contributed by atoms with E-state index < -0.39 is 168 Å². The molecule has 0 bridgehead atoms. The monoisotopic (exact) mass is 1690 g/mol. The maximum atomic E-state index is 15.1. The zero-order valence-electron chi connectivity index (χ0n) is 74.5. The Morgan fingerprint density at radius 2 is 0.675 bits per heavy atom. The van der Waals surface area contributed by atoms with Gasteiger partial charge in [0.15, 0.2) is 24.8 Å². The normalized spacial score (nSPS) is 20.7. The Morgan fingerprint density at radius 3 is 1.05 bits per heavy atom. The molecule has 0 radical (unpaired) electrons. The smallest absolute Gasteiger partial charge is 0.462 e. The average molecular weight is 1690 g/mol. The van der Waals surface area contributed by atoms with Crippen molar-refractivity contribution >= 4 is 43.5 Å². The maximum absolute atomic E-state index is 15.1. The largest absolute Gasteiger partial charge is 0.470 e. The van der Waals surface area contributed by atoms with E-state index in [4.69, 9.17) is 37.7 Å². The van der Waals surface area contributed by atoms with Crippen LogP contribution in [0.25, 0.3) is 0 Å². The highest BCUT2D eigenvalue weighted by molar-refractivity contribution is 7.46. The molecule has 0 saturated carbocycles. The first-order valence-electron chi connectivity index (χ1n) is 48.0. The topological polar surface area (TPSA) is 359 Å². The van der Waals surface area contributed by atoms with E-state index in [2.05, 4.69) is 52.2 Å². The summed E-state index contributed by atoms with van der Waals surface area (Å²) in [5.41, 5.74) is 0. The molecule has 2 aliphatic heterocycles. The number of amides is 2. The van der Waals surface area contributed by atoms with Crippen molar-refractivity contribution in [2.75, 3.05) is 13.2 Å². The highest BCUT2D eigenvalue weighted by Crippen LogP contribution is 2.43. The molecule has 0 aromatic carbocycles. The van der Waals surface area contributed by atoms with Crippen molar-refractivity contribution in [3.8, 4) is 0 Å². The van der Waals surface area contributed by atoms with Crippen LogP contribution in [0, 0.1) is 0 Å². The molecule has 1 unspecified atom stereocenters. The number of aliphatic hydroxyl groups is 5. The van der Waals surface area contributed by atoms with Crippen LogP contribution in [0.3, 0.4) is 0 Å². The Bertz CT molecular complexity index is 2480. The highest BCUT2D eigenvalue weighted by atomic mass is 31.2. The van der Waals surface area contributed by atoms with E-state index in [1.807, 2.05) is 0 Å². The van der Waals surface area contributed by atoms with Crippen LogP contribution < -0.4 is 10.6 Å². The Kier molecular flexibility index (Phi) is 68.4. The Morgan fingerprint density at radius 1 is 0.359 bits per heavy atom. The molecule has 2 aliphatic rings. The minimum absolute atomic E-state index is 0.109. The van der Waals surface area contributed by atoms with Gasteiger partial charge in [-0.15, -0.1) is 0 Å². The summed E-state index contributed by atoms with van der Waals surface area (Å²) < 4.78 is 61.7. The van der Waals surface area contributed by atoms with Gasteiger partial charge in [0.25, 0.3) is 0 Å². The number of aliphatic hydroxyl groups excluding tert-OH is 5. The predicted molar refractivity (Wildman–Crippen MR) is 460 cm³/mol. The van der Waals surface area contributed by atoms with Crippen LogP contribution in [-0.2, 0) is 71.0 Å². The van der Waals surface area contributed by atoms with Gasteiger partial charge >= 0.3 is 31.7 Å². The van der Waals surface area contributed by atoms with Crippen LogP contribution in [0.1, 0.15) is 452 Å². The lowest BCUT2D eigenvalue weighted by Crippen LogP contribution is -2.68. The molecule has 2 saturated heterocycles. The molecule has 2 rings (SSSR count). The van der Waals surface area contributed by atoms with Gasteiger partial charge in [0.2, 0.25) is 11.8 Å². The summed E-state index contributed by atoms with van der Waals surface area (Å²) in [5, 5.41) is 63.2. The zero-order chi connectivity index (χ0) is 85.8. The number of carbonyl (C=O) groups is 6. The molecule has 2 heterocycles. The first kappa shape index (κ1) is 110. The van der Waals surface area contributed by atoms with Crippen LogP contribution >= 0.6 is 7.82 Å². The van der Waals surface area contributed by atoms with E-state index in [1.165, 1.54) is 96.3 Å². The van der Waals surface area contributed by atoms with Crippen molar-refractivity contribution in [2.45, 2.75) is 538 Å². The number of phosphoric ester groups is 1. The molecule has 9 N–H and O–H groups in total. The number of unbranched alkanes of at least 4 members (excludes halogenated alkanes) is 48. The van der Waals surface area contributed by atoms with Crippen LogP contribution in [0.2, 0.25) is 0 Å². The second-order valence-electron chi connectivity index (χ2n) is 34.2. The Balaban J connectivity index is 2.74. The van der Waals surface area contributed by atoms with E-state index in [0.717, 1.165) is 212 Å². The fourth-order valence-corrected chi connectivity index (χ4v) is 16.6. The van der Waals surface area contributed by atoms with Gasteiger partial charge in [-0.1, -0.05) is 363 Å². The summed E-state index contributed by atoms with van der Waals surface area (Å²) in [6.45, 7) is 11.2. The lowest BCUT2D eigenvalue weighted by atomic mass is 9.95. The van der Waals surface area contributed by atoms with Gasteiger partial charge < -0.3 is 79.1 Å². The molecular weight excluding hydrogens is 1520 g/mol. The van der Waals surface area contributed by atoms with E-state index in [0.29, 0.717) is 51.4 Å². The summed E-state index contributed by atoms with van der Waals surface area (Å²) in [6.07, 6.45) is 35.5. The minimum atomic E-state index is -5.62. The summed E-state index contributed by atoms with van der Waals surface area (Å²) in [6, 6.07) is -3.47. The lowest BCUT2D eigenvalue weighted by Gasteiger charge is -2.46. The second kappa shape index (κ2) is 73.0. The van der Waals surface area contributed by atoms with Crippen molar-refractivity contribution in [3.63, 3.8) is 0 Å². The zero-order valence-corrected chi connectivity index (χ0v) is 75.3. The molecule has 117 heavy (non-hydrogen) atoms. The molecule has 2 amide bonds. The number of hydrogen-bond acceptors (Lipinski definition) is 20. The Labute approximate surface area is 708 Å². The van der Waals surface area contributed by atoms with Crippen LogP contribution in [0.15, 0.2) is 0 Å². The van der Waals surface area contributed by atoms with Crippen LogP contribution in [-0.4, -0.2) is 170 Å². The second-order valence-corrected chi connectivity index (χ2v) is 35.4. The molecule has 14 atom stereocenters. The summed E-state index contributed by atoms with van der Waals surface area (Å²) in [5.74, 6) is -4.56. The van der Waals surface area contributed by atoms with E-state index >= 15 is 4.79 Å². The van der Waals surface area contributed by atoms with Gasteiger partial charge in [0.1, 0.15) is 48.7 Å². The van der Waals surface area contributed by atoms with Crippen molar-refractivity contribution < 1.29 is 106 Å². The summed E-state index contributed by atoms with van der Waals surface area (Å²) >= 11 is 0. The van der Waals surface area contributed by atoms with Crippen molar-refractivity contribution in [1.82, 2.24) is 10.6 Å². The number of phosphoric acid groups is 1. The van der Waals surface area contributed by atoms with Crippen LogP contribution in [0.4, 0.5) is 0 Å². The number of hydrogen-bond donors (Lipinski definition) is 9.